The van der Waals surface area contributed by atoms with Crippen LogP contribution in [0, 0.1) is 0 Å². The first-order valence-electron chi connectivity index (χ1n) is 8.34. The van der Waals surface area contributed by atoms with Gasteiger partial charge in [-0.15, -0.1) is 5.10 Å². The summed E-state index contributed by atoms with van der Waals surface area (Å²) in [5, 5.41) is 20.2. The summed E-state index contributed by atoms with van der Waals surface area (Å²) in [6.07, 6.45) is 0.0781. The quantitative estimate of drug-likeness (QED) is 0.243. The number of hydrogen-bond acceptors (Lipinski definition) is 8. The molecule has 1 rings (SSSR count). The van der Waals surface area contributed by atoms with Crippen molar-refractivity contribution in [1.29, 1.82) is 0 Å². The Morgan fingerprint density at radius 2 is 2.15 bits per heavy atom. The molecule has 12 nitrogen and oxygen atoms in total. The molecule has 0 aromatic carbocycles. The van der Waals surface area contributed by atoms with Gasteiger partial charge in [0.25, 0.3) is 0 Å². The zero-order chi connectivity index (χ0) is 20.4. The molecule has 0 aliphatic carbocycles. The van der Waals surface area contributed by atoms with E-state index in [9.17, 15) is 9.59 Å². The number of carbonyl (C=O) groups excluding carboxylic acids is 1. The second-order valence-electron chi connectivity index (χ2n) is 6.71. The van der Waals surface area contributed by atoms with Crippen LogP contribution in [-0.2, 0) is 38.6 Å². The zero-order valence-electron chi connectivity index (χ0n) is 15.7. The minimum atomic E-state index is -0.961. The number of azide groups is 1. The van der Waals surface area contributed by atoms with Gasteiger partial charge in [0, 0.05) is 24.4 Å². The average molecular weight is 383 g/mol. The van der Waals surface area contributed by atoms with Gasteiger partial charge >= 0.3 is 11.9 Å². The number of aromatic nitrogens is 3. The summed E-state index contributed by atoms with van der Waals surface area (Å²) in [5.41, 5.74) is 14.4. The summed E-state index contributed by atoms with van der Waals surface area (Å²) in [6.45, 7) is 5.56. The maximum absolute atomic E-state index is 11.8. The number of esters is 1. The maximum atomic E-state index is 11.8. The van der Waals surface area contributed by atoms with Crippen LogP contribution in [0.3, 0.4) is 0 Å². The van der Waals surface area contributed by atoms with E-state index in [-0.39, 0.29) is 39.1 Å². The molecule has 27 heavy (non-hydrogen) atoms. The number of ether oxygens (including phenoxy) is 2. The smallest absolute Gasteiger partial charge is 0.325 e. The standard InChI is InChI=1S/C15H25N7O5/c1-15(2,3)27-14(25)10(16)8-26-9-11-12(4-5-13(23)24)22(21-19-11)7-6-18-20-17/h10H,4-9,16H2,1-3H3,(H,23,24). The number of carbonyl (C=O) groups is 2. The van der Waals surface area contributed by atoms with Gasteiger partial charge in [0.15, 0.2) is 0 Å². The van der Waals surface area contributed by atoms with Gasteiger partial charge in [-0.25, -0.2) is 4.68 Å². The number of aliphatic carboxylic acids is 1. The van der Waals surface area contributed by atoms with Crippen molar-refractivity contribution >= 4 is 11.9 Å². The van der Waals surface area contributed by atoms with Crippen molar-refractivity contribution in [1.82, 2.24) is 15.0 Å². The molecule has 0 radical (unpaired) electrons. The van der Waals surface area contributed by atoms with Gasteiger partial charge < -0.3 is 20.3 Å². The van der Waals surface area contributed by atoms with Crippen LogP contribution in [0.2, 0.25) is 0 Å². The monoisotopic (exact) mass is 383 g/mol. The summed E-state index contributed by atoms with van der Waals surface area (Å²) in [5.74, 6) is -1.54. The van der Waals surface area contributed by atoms with Crippen LogP contribution in [0.15, 0.2) is 5.11 Å². The van der Waals surface area contributed by atoms with Crippen LogP contribution in [0.25, 0.3) is 10.4 Å². The van der Waals surface area contributed by atoms with Crippen LogP contribution in [-0.4, -0.2) is 56.8 Å². The molecule has 0 spiro atoms. The van der Waals surface area contributed by atoms with Crippen molar-refractivity contribution in [2.75, 3.05) is 13.2 Å². The molecular formula is C15H25N7O5. The molecular weight excluding hydrogens is 358 g/mol. The van der Waals surface area contributed by atoms with Crippen molar-refractivity contribution in [3.63, 3.8) is 0 Å². The molecule has 1 heterocycles. The Kier molecular flexibility index (Phi) is 8.66. The molecule has 1 unspecified atom stereocenters. The third kappa shape index (κ3) is 8.49. The van der Waals surface area contributed by atoms with E-state index in [0.29, 0.717) is 11.4 Å². The first kappa shape index (κ1) is 22.4. The second kappa shape index (κ2) is 10.5. The fourth-order valence-corrected chi connectivity index (χ4v) is 2.07. The molecule has 0 fully saturated rings. The molecule has 0 amide bonds. The molecule has 0 aliphatic rings. The number of rotatable bonds is 11. The predicted molar refractivity (Wildman–Crippen MR) is 93.5 cm³/mol. The van der Waals surface area contributed by atoms with Gasteiger partial charge in [-0.1, -0.05) is 10.3 Å². The van der Waals surface area contributed by atoms with Gasteiger partial charge in [-0.2, -0.15) is 0 Å². The molecule has 3 N–H and O–H groups in total. The summed E-state index contributed by atoms with van der Waals surface area (Å²) in [7, 11) is 0. The Hall–Kier alpha value is -2.69. The Morgan fingerprint density at radius 1 is 1.44 bits per heavy atom. The van der Waals surface area contributed by atoms with Crippen molar-refractivity contribution in [3.05, 3.63) is 21.8 Å². The minimum absolute atomic E-state index is 0.00691. The molecule has 12 heteroatoms. The molecule has 1 aromatic rings. The number of carboxylic acids is 1. The van der Waals surface area contributed by atoms with E-state index in [4.69, 9.17) is 25.8 Å². The lowest BCUT2D eigenvalue weighted by Crippen LogP contribution is -2.40. The molecule has 1 atom stereocenters. The molecule has 0 saturated carbocycles. The third-order valence-electron chi connectivity index (χ3n) is 3.21. The lowest BCUT2D eigenvalue weighted by molar-refractivity contribution is -0.158. The summed E-state index contributed by atoms with van der Waals surface area (Å²) in [4.78, 5) is 25.3. The molecule has 150 valence electrons. The lowest BCUT2D eigenvalue weighted by Gasteiger charge is -2.22. The molecule has 0 aliphatic heterocycles. The highest BCUT2D eigenvalue weighted by molar-refractivity contribution is 5.76. The highest BCUT2D eigenvalue weighted by atomic mass is 16.6. The van der Waals surface area contributed by atoms with E-state index in [0.717, 1.165) is 0 Å². The van der Waals surface area contributed by atoms with E-state index in [2.05, 4.69) is 20.3 Å². The number of hydrogen-bond donors (Lipinski definition) is 2. The Balaban J connectivity index is 2.68. The van der Waals surface area contributed by atoms with E-state index < -0.39 is 23.6 Å². The normalized spacial score (nSPS) is 12.3. The second-order valence-corrected chi connectivity index (χ2v) is 6.71. The number of carboxylic acid groups (broad SMARTS) is 1. The van der Waals surface area contributed by atoms with E-state index in [1.165, 1.54) is 4.68 Å². The fourth-order valence-electron chi connectivity index (χ4n) is 2.07. The SMILES string of the molecule is CC(C)(C)OC(=O)C(N)COCc1nnn(CCN=[N+]=[N-])c1CCC(=O)O. The van der Waals surface area contributed by atoms with Gasteiger partial charge in [-0.3, -0.25) is 9.59 Å². The highest BCUT2D eigenvalue weighted by Gasteiger charge is 2.23. The minimum Gasteiger partial charge on any atom is -0.481 e. The van der Waals surface area contributed by atoms with Crippen molar-refractivity contribution in [3.8, 4) is 0 Å². The molecule has 1 aromatic heterocycles. The molecule has 0 bridgehead atoms. The maximum Gasteiger partial charge on any atom is 0.325 e. The Morgan fingerprint density at radius 3 is 2.74 bits per heavy atom. The van der Waals surface area contributed by atoms with E-state index in [1.54, 1.807) is 20.8 Å². The number of nitrogens with two attached hydrogens (primary N) is 1. The van der Waals surface area contributed by atoms with Crippen molar-refractivity contribution < 1.29 is 24.2 Å². The van der Waals surface area contributed by atoms with Crippen molar-refractivity contribution in [2.24, 2.45) is 10.8 Å². The average Bonchev–Trinajstić information content (AvgIpc) is 2.93. The summed E-state index contributed by atoms with van der Waals surface area (Å²) >= 11 is 0. The Bertz CT molecular complexity index is 691. The fraction of sp³-hybridized carbons (Fsp3) is 0.733. The predicted octanol–water partition coefficient (Wildman–Crippen LogP) is 0.791. The van der Waals surface area contributed by atoms with Crippen LogP contribution in [0.1, 0.15) is 38.6 Å². The van der Waals surface area contributed by atoms with E-state index >= 15 is 0 Å². The van der Waals surface area contributed by atoms with E-state index in [1.807, 2.05) is 0 Å². The van der Waals surface area contributed by atoms with Crippen LogP contribution >= 0.6 is 0 Å². The highest BCUT2D eigenvalue weighted by Crippen LogP contribution is 2.12. The summed E-state index contributed by atoms with van der Waals surface area (Å²) in [6, 6.07) is -0.952. The van der Waals surface area contributed by atoms with Crippen LogP contribution < -0.4 is 5.73 Å². The molecule has 0 saturated heterocycles. The first-order chi connectivity index (χ1) is 12.6. The lowest BCUT2D eigenvalue weighted by atomic mass is 10.2. The van der Waals surface area contributed by atoms with Crippen LogP contribution in [0.5, 0.6) is 0 Å². The van der Waals surface area contributed by atoms with Crippen molar-refractivity contribution in [2.45, 2.75) is 58.4 Å². The van der Waals surface area contributed by atoms with Gasteiger partial charge in [0.2, 0.25) is 0 Å². The van der Waals surface area contributed by atoms with Gasteiger partial charge in [0.05, 0.1) is 25.3 Å². The van der Waals surface area contributed by atoms with Gasteiger partial charge in [-0.05, 0) is 26.3 Å². The first-order valence-corrected chi connectivity index (χ1v) is 8.34. The topological polar surface area (TPSA) is 178 Å². The van der Waals surface area contributed by atoms with Gasteiger partial charge in [0.1, 0.15) is 17.3 Å². The van der Waals surface area contributed by atoms with Crippen LogP contribution in [0.4, 0.5) is 0 Å². The largest absolute Gasteiger partial charge is 0.481 e. The zero-order valence-corrected chi connectivity index (χ0v) is 15.7. The third-order valence-corrected chi connectivity index (χ3v) is 3.21. The summed E-state index contributed by atoms with van der Waals surface area (Å²) < 4.78 is 12.1. The number of nitrogens with zero attached hydrogens (tertiary/aromatic N) is 6. The Labute approximate surface area is 156 Å².